The van der Waals surface area contributed by atoms with Crippen molar-refractivity contribution in [2.75, 3.05) is 6.61 Å². The van der Waals surface area contributed by atoms with E-state index < -0.39 is 13.4 Å². The van der Waals surface area contributed by atoms with Crippen LogP contribution in [0.5, 0.6) is 5.75 Å². The SMILES string of the molecule is CCCCCCCCCCCCCC(=O)NC(c1ccc(OCC)cc1)P(=O)(O)O. The van der Waals surface area contributed by atoms with Gasteiger partial charge in [0.15, 0.2) is 5.78 Å². The van der Waals surface area contributed by atoms with Gasteiger partial charge in [-0.2, -0.15) is 0 Å². The van der Waals surface area contributed by atoms with Gasteiger partial charge < -0.3 is 19.8 Å². The molecule has 1 aromatic rings. The quantitative estimate of drug-likeness (QED) is 0.201. The smallest absolute Gasteiger partial charge is 0.352 e. The fourth-order valence-electron chi connectivity index (χ4n) is 3.45. The van der Waals surface area contributed by atoms with Crippen LogP contribution in [-0.2, 0) is 9.36 Å². The Bertz CT molecular complexity index is 629. The molecule has 1 unspecified atom stereocenters. The van der Waals surface area contributed by atoms with E-state index in [4.69, 9.17) is 4.74 Å². The van der Waals surface area contributed by atoms with E-state index in [0.29, 0.717) is 17.9 Å². The zero-order valence-electron chi connectivity index (χ0n) is 18.6. The highest BCUT2D eigenvalue weighted by atomic mass is 31.2. The summed E-state index contributed by atoms with van der Waals surface area (Å²) in [6.07, 6.45) is 13.4. The summed E-state index contributed by atoms with van der Waals surface area (Å²) in [4.78, 5) is 31.6. The largest absolute Gasteiger partial charge is 0.494 e. The molecule has 0 radical (unpaired) electrons. The monoisotopic (exact) mass is 441 g/mol. The Hall–Kier alpha value is -1.36. The van der Waals surface area contributed by atoms with Gasteiger partial charge in [-0.05, 0) is 31.0 Å². The Morgan fingerprint density at radius 1 is 0.900 bits per heavy atom. The molecule has 1 rings (SSSR count). The summed E-state index contributed by atoms with van der Waals surface area (Å²) in [6.45, 7) is 4.60. The minimum absolute atomic E-state index is 0.282. The first-order valence-corrected chi connectivity index (χ1v) is 13.1. The highest BCUT2D eigenvalue weighted by Gasteiger charge is 2.31. The van der Waals surface area contributed by atoms with E-state index in [-0.39, 0.29) is 12.3 Å². The number of amides is 1. The maximum atomic E-state index is 12.2. The Kier molecular flexibility index (Phi) is 13.7. The highest BCUT2D eigenvalue weighted by Crippen LogP contribution is 2.50. The molecule has 0 aliphatic heterocycles. The van der Waals surface area contributed by atoms with Crippen molar-refractivity contribution in [3.63, 3.8) is 0 Å². The fourth-order valence-corrected chi connectivity index (χ4v) is 4.32. The van der Waals surface area contributed by atoms with Crippen LogP contribution in [0.2, 0.25) is 0 Å². The van der Waals surface area contributed by atoms with E-state index in [1.807, 2.05) is 6.92 Å². The Morgan fingerprint density at radius 3 is 1.87 bits per heavy atom. The molecule has 0 bridgehead atoms. The summed E-state index contributed by atoms with van der Waals surface area (Å²) in [5.74, 6) is -1.03. The fraction of sp³-hybridized carbons (Fsp3) is 0.696. The van der Waals surface area contributed by atoms with Crippen LogP contribution in [0.1, 0.15) is 102 Å². The van der Waals surface area contributed by atoms with E-state index in [1.54, 1.807) is 24.3 Å². The maximum absolute atomic E-state index is 12.2. The van der Waals surface area contributed by atoms with Crippen LogP contribution in [-0.4, -0.2) is 22.3 Å². The number of rotatable bonds is 17. The van der Waals surface area contributed by atoms with E-state index in [2.05, 4.69) is 12.2 Å². The predicted molar refractivity (Wildman–Crippen MR) is 122 cm³/mol. The van der Waals surface area contributed by atoms with E-state index in [0.717, 1.165) is 19.3 Å². The second kappa shape index (κ2) is 15.4. The van der Waals surface area contributed by atoms with Gasteiger partial charge in [-0.25, -0.2) is 0 Å². The molecule has 0 aromatic heterocycles. The Labute approximate surface area is 182 Å². The van der Waals surface area contributed by atoms with Gasteiger partial charge >= 0.3 is 7.60 Å². The van der Waals surface area contributed by atoms with E-state index in [1.165, 1.54) is 51.4 Å². The van der Waals surface area contributed by atoms with E-state index in [9.17, 15) is 19.1 Å². The van der Waals surface area contributed by atoms with Gasteiger partial charge in [0.1, 0.15) is 5.75 Å². The number of benzene rings is 1. The number of carbonyl (C=O) groups is 1. The van der Waals surface area contributed by atoms with Crippen LogP contribution in [0.4, 0.5) is 0 Å². The second-order valence-corrected chi connectivity index (χ2v) is 9.54. The van der Waals surface area contributed by atoms with Crippen LogP contribution in [0.15, 0.2) is 24.3 Å². The zero-order chi connectivity index (χ0) is 22.2. The summed E-state index contributed by atoms with van der Waals surface area (Å²) >= 11 is 0. The van der Waals surface area contributed by atoms with Crippen molar-refractivity contribution in [3.8, 4) is 5.75 Å². The average molecular weight is 442 g/mol. The molecule has 0 saturated carbocycles. The molecular weight excluding hydrogens is 401 g/mol. The minimum atomic E-state index is -4.52. The van der Waals surface area contributed by atoms with Crippen molar-refractivity contribution < 1.29 is 23.9 Å². The molecule has 0 heterocycles. The van der Waals surface area contributed by atoms with Crippen molar-refractivity contribution in [2.45, 2.75) is 96.7 Å². The van der Waals surface area contributed by atoms with Gasteiger partial charge in [-0.15, -0.1) is 0 Å². The van der Waals surface area contributed by atoms with Crippen molar-refractivity contribution >= 4 is 13.5 Å². The molecule has 3 N–H and O–H groups in total. The van der Waals surface area contributed by atoms with Crippen LogP contribution < -0.4 is 10.1 Å². The van der Waals surface area contributed by atoms with Crippen molar-refractivity contribution in [1.82, 2.24) is 5.32 Å². The van der Waals surface area contributed by atoms with Crippen LogP contribution in [0.3, 0.4) is 0 Å². The minimum Gasteiger partial charge on any atom is -0.494 e. The molecule has 30 heavy (non-hydrogen) atoms. The zero-order valence-corrected chi connectivity index (χ0v) is 19.5. The third-order valence-corrected chi connectivity index (χ3v) is 6.25. The number of carbonyl (C=O) groups excluding carboxylic acids is 1. The third kappa shape index (κ3) is 11.7. The average Bonchev–Trinajstić information content (AvgIpc) is 2.70. The number of hydrogen-bond acceptors (Lipinski definition) is 3. The highest BCUT2D eigenvalue weighted by molar-refractivity contribution is 7.52. The van der Waals surface area contributed by atoms with Crippen LogP contribution >= 0.6 is 7.60 Å². The number of hydrogen-bond donors (Lipinski definition) is 3. The van der Waals surface area contributed by atoms with Gasteiger partial charge in [-0.3, -0.25) is 9.36 Å². The maximum Gasteiger partial charge on any atom is 0.352 e. The van der Waals surface area contributed by atoms with Gasteiger partial charge in [0, 0.05) is 6.42 Å². The lowest BCUT2D eigenvalue weighted by molar-refractivity contribution is -0.121. The lowest BCUT2D eigenvalue weighted by Gasteiger charge is -2.20. The molecule has 0 fully saturated rings. The number of ether oxygens (including phenoxy) is 1. The molecule has 1 amide bonds. The first-order valence-electron chi connectivity index (χ1n) is 11.5. The Balaban J connectivity index is 2.29. The first-order chi connectivity index (χ1) is 14.4. The van der Waals surface area contributed by atoms with Gasteiger partial charge in [-0.1, -0.05) is 83.3 Å². The van der Waals surface area contributed by atoms with Crippen LogP contribution in [0.25, 0.3) is 0 Å². The number of unbranched alkanes of at least 4 members (excludes halogenated alkanes) is 10. The number of nitrogens with one attached hydrogen (secondary N) is 1. The lowest BCUT2D eigenvalue weighted by Crippen LogP contribution is -2.28. The molecule has 7 heteroatoms. The standard InChI is InChI=1S/C23H40NO5P/c1-3-5-6-7-8-9-10-11-12-13-14-15-22(25)24-23(30(26,27)28)20-16-18-21(19-17-20)29-4-2/h16-19,23H,3-15H2,1-2H3,(H,24,25)(H2,26,27,28). The molecular formula is C23H40NO5P. The summed E-state index contributed by atoms with van der Waals surface area (Å²) in [6, 6.07) is 6.46. The van der Waals surface area contributed by atoms with Crippen LogP contribution in [0, 0.1) is 0 Å². The third-order valence-electron chi connectivity index (χ3n) is 5.15. The molecule has 1 aromatic carbocycles. The predicted octanol–water partition coefficient (Wildman–Crippen LogP) is 6.08. The molecule has 1 atom stereocenters. The molecule has 0 aliphatic rings. The van der Waals surface area contributed by atoms with Gasteiger partial charge in [0.25, 0.3) is 0 Å². The summed E-state index contributed by atoms with van der Waals surface area (Å²) in [5, 5.41) is 2.52. The van der Waals surface area contributed by atoms with E-state index >= 15 is 0 Å². The molecule has 0 saturated heterocycles. The van der Waals surface area contributed by atoms with Crippen molar-refractivity contribution in [2.24, 2.45) is 0 Å². The summed E-state index contributed by atoms with van der Waals surface area (Å²) < 4.78 is 17.2. The second-order valence-electron chi connectivity index (χ2n) is 7.85. The Morgan fingerprint density at radius 2 is 1.40 bits per heavy atom. The molecule has 172 valence electrons. The van der Waals surface area contributed by atoms with Crippen molar-refractivity contribution in [3.05, 3.63) is 29.8 Å². The van der Waals surface area contributed by atoms with Gasteiger partial charge in [0.05, 0.1) is 6.61 Å². The molecule has 6 nitrogen and oxygen atoms in total. The lowest BCUT2D eigenvalue weighted by atomic mass is 10.1. The van der Waals surface area contributed by atoms with Gasteiger partial charge in [0.2, 0.25) is 5.91 Å². The topological polar surface area (TPSA) is 95.9 Å². The summed E-state index contributed by atoms with van der Waals surface area (Å²) in [5.41, 5.74) is 0.374. The molecule has 0 spiro atoms. The first kappa shape index (κ1) is 26.7. The normalized spacial score (nSPS) is 12.5. The molecule has 0 aliphatic carbocycles. The summed E-state index contributed by atoms with van der Waals surface area (Å²) in [7, 11) is -4.52. The van der Waals surface area contributed by atoms with Crippen molar-refractivity contribution in [1.29, 1.82) is 0 Å².